The van der Waals surface area contributed by atoms with Crippen molar-refractivity contribution in [2.24, 2.45) is 0 Å². The van der Waals surface area contributed by atoms with Crippen molar-refractivity contribution in [3.63, 3.8) is 0 Å². The molecule has 0 fully saturated rings. The van der Waals surface area contributed by atoms with E-state index in [-0.39, 0.29) is 0 Å². The normalized spacial score (nSPS) is 11.0. The first kappa shape index (κ1) is 18.5. The van der Waals surface area contributed by atoms with E-state index in [9.17, 15) is 31.1 Å². The zero-order valence-corrected chi connectivity index (χ0v) is 8.21. The van der Waals surface area contributed by atoms with Gasteiger partial charge >= 0.3 is 24.7 Å². The van der Waals surface area contributed by atoms with Gasteiger partial charge in [0, 0.05) is 0 Å². The highest BCUT2D eigenvalue weighted by Gasteiger charge is 2.32. The molecule has 0 atom stereocenters. The summed E-state index contributed by atoms with van der Waals surface area (Å²) in [6.45, 7) is -3.96. The Labute approximate surface area is 94.7 Å². The van der Waals surface area contributed by atoms with Gasteiger partial charge in [0.15, 0.2) is 13.2 Å². The van der Waals surface area contributed by atoms with Crippen LogP contribution in [0.3, 0.4) is 0 Å². The summed E-state index contributed by atoms with van der Waals surface area (Å²) in [5.74, 6) is 0. The average Bonchev–Trinajstić information content (AvgIpc) is 2.08. The van der Waals surface area contributed by atoms with Gasteiger partial charge in [0.05, 0.1) is 0 Å². The maximum atomic E-state index is 11.3. The van der Waals surface area contributed by atoms with Gasteiger partial charge in [0.1, 0.15) is 0 Å². The zero-order chi connectivity index (χ0) is 15.0. The summed E-state index contributed by atoms with van der Waals surface area (Å²) in [4.78, 5) is 18.6. The van der Waals surface area contributed by atoms with Crippen LogP contribution in [0.1, 0.15) is 0 Å². The first-order chi connectivity index (χ1) is 7.83. The van der Waals surface area contributed by atoms with E-state index >= 15 is 0 Å². The first-order valence-corrected chi connectivity index (χ1v) is 3.68. The third kappa shape index (κ3) is 23.7. The van der Waals surface area contributed by atoms with Gasteiger partial charge in [-0.2, -0.15) is 26.3 Å². The molecule has 0 unspecified atom stereocenters. The molecule has 0 amide bonds. The molecule has 0 aromatic carbocycles. The molecule has 0 spiro atoms. The molecule has 0 saturated carbocycles. The number of rotatable bonds is 2. The van der Waals surface area contributed by atoms with Crippen molar-refractivity contribution >= 4 is 12.3 Å². The second-order valence-corrected chi connectivity index (χ2v) is 2.34. The van der Waals surface area contributed by atoms with E-state index in [0.717, 1.165) is 0 Å². The lowest BCUT2D eigenvalue weighted by molar-refractivity contribution is -0.182. The van der Waals surface area contributed by atoms with E-state index < -0.39 is 37.9 Å². The Kier molecular flexibility index (Phi) is 7.65. The number of carboxylic acid groups (broad SMARTS) is 2. The van der Waals surface area contributed by atoms with Crippen molar-refractivity contribution in [2.75, 3.05) is 13.2 Å². The van der Waals surface area contributed by atoms with Crippen molar-refractivity contribution in [1.82, 2.24) is 0 Å². The van der Waals surface area contributed by atoms with E-state index in [4.69, 9.17) is 15.0 Å². The minimum Gasteiger partial charge on any atom is -0.450 e. The number of hydrogen-bond donors (Lipinski definition) is 2. The highest BCUT2D eigenvalue weighted by molar-refractivity contribution is 5.59. The highest BCUT2D eigenvalue weighted by Crippen LogP contribution is 2.17. The summed E-state index contributed by atoms with van der Waals surface area (Å²) in [5.41, 5.74) is 0. The lowest BCUT2D eigenvalue weighted by atomic mass is 10.7. The quantitative estimate of drug-likeness (QED) is 0.599. The van der Waals surface area contributed by atoms with Crippen molar-refractivity contribution in [2.45, 2.75) is 12.4 Å². The summed E-state index contributed by atoms with van der Waals surface area (Å²) >= 11 is 0. The molecule has 6 nitrogen and oxygen atoms in total. The van der Waals surface area contributed by atoms with Gasteiger partial charge in [0.25, 0.3) is 0 Å². The van der Waals surface area contributed by atoms with Crippen LogP contribution in [0.15, 0.2) is 0 Å². The lowest BCUT2D eigenvalue weighted by Gasteiger charge is -2.09. The molecular formula is C6H6F6O6. The van der Waals surface area contributed by atoms with E-state index in [1.54, 1.807) is 0 Å². The Bertz CT molecular complexity index is 247. The zero-order valence-electron chi connectivity index (χ0n) is 8.21. The first-order valence-electron chi connectivity index (χ1n) is 3.68. The Morgan fingerprint density at radius 2 is 1.06 bits per heavy atom. The van der Waals surface area contributed by atoms with Gasteiger partial charge in [-0.1, -0.05) is 0 Å². The van der Waals surface area contributed by atoms with Crippen molar-refractivity contribution < 1.29 is 55.6 Å². The molecule has 12 heteroatoms. The third-order valence-electron chi connectivity index (χ3n) is 0.707. The molecule has 0 saturated heterocycles. The molecule has 0 bridgehead atoms. The van der Waals surface area contributed by atoms with Crippen LogP contribution in [0, 0.1) is 0 Å². The molecular weight excluding hydrogens is 282 g/mol. The van der Waals surface area contributed by atoms with E-state index in [1.165, 1.54) is 0 Å². The van der Waals surface area contributed by atoms with Gasteiger partial charge in [-0.15, -0.1) is 0 Å². The average molecular weight is 288 g/mol. The van der Waals surface area contributed by atoms with Crippen LogP contribution in [0.2, 0.25) is 0 Å². The summed E-state index contributed by atoms with van der Waals surface area (Å²) in [5, 5.41) is 13.9. The molecule has 0 aliphatic rings. The maximum Gasteiger partial charge on any atom is 0.508 e. The predicted molar refractivity (Wildman–Crippen MR) is 40.1 cm³/mol. The number of halogens is 6. The van der Waals surface area contributed by atoms with Gasteiger partial charge in [-0.25, -0.2) is 9.59 Å². The largest absolute Gasteiger partial charge is 0.508 e. The van der Waals surface area contributed by atoms with Gasteiger partial charge < -0.3 is 19.7 Å². The standard InChI is InChI=1S/C5H4F6O3.CH2O3/c6-4(7,8)1-13-3(12)14-2-5(9,10)11;2-1(3)4/h1-2H2;(H2,2,3,4). The number of ether oxygens (including phenoxy) is 2. The lowest BCUT2D eigenvalue weighted by Crippen LogP contribution is -2.24. The van der Waals surface area contributed by atoms with Gasteiger partial charge in [0.2, 0.25) is 0 Å². The molecule has 0 aliphatic carbocycles. The van der Waals surface area contributed by atoms with E-state index in [1.807, 2.05) is 0 Å². The Balaban J connectivity index is 0. The fourth-order valence-electron chi connectivity index (χ4n) is 0.323. The predicted octanol–water partition coefficient (Wildman–Crippen LogP) is 2.49. The molecule has 2 N–H and O–H groups in total. The smallest absolute Gasteiger partial charge is 0.450 e. The van der Waals surface area contributed by atoms with Crippen LogP contribution in [-0.4, -0.2) is 48.1 Å². The molecule has 0 aromatic rings. The Morgan fingerprint density at radius 1 is 0.833 bits per heavy atom. The Morgan fingerprint density at radius 3 is 1.22 bits per heavy atom. The topological polar surface area (TPSA) is 93.1 Å². The van der Waals surface area contributed by atoms with Crippen LogP contribution < -0.4 is 0 Å². The summed E-state index contributed by atoms with van der Waals surface area (Å²) < 4.78 is 74.6. The van der Waals surface area contributed by atoms with E-state index in [2.05, 4.69) is 9.47 Å². The third-order valence-corrected chi connectivity index (χ3v) is 0.707. The van der Waals surface area contributed by atoms with Crippen LogP contribution in [0.5, 0.6) is 0 Å². The van der Waals surface area contributed by atoms with Gasteiger partial charge in [-0.3, -0.25) is 0 Å². The molecule has 0 aliphatic heterocycles. The van der Waals surface area contributed by atoms with Crippen LogP contribution in [-0.2, 0) is 9.47 Å². The molecule has 0 rings (SSSR count). The fraction of sp³-hybridized carbons (Fsp3) is 0.667. The number of carbonyl (C=O) groups excluding carboxylic acids is 1. The van der Waals surface area contributed by atoms with Crippen LogP contribution in [0.4, 0.5) is 35.9 Å². The number of hydrogen-bond acceptors (Lipinski definition) is 4. The van der Waals surface area contributed by atoms with Crippen molar-refractivity contribution in [3.05, 3.63) is 0 Å². The summed E-state index contributed by atoms with van der Waals surface area (Å²) in [6.07, 6.45) is -13.4. The number of carbonyl (C=O) groups is 2. The molecule has 0 heterocycles. The SMILES string of the molecule is O=C(O)O.O=C(OCC(F)(F)F)OCC(F)(F)F. The fourth-order valence-corrected chi connectivity index (χ4v) is 0.323. The second-order valence-electron chi connectivity index (χ2n) is 2.34. The highest BCUT2D eigenvalue weighted by atomic mass is 19.4. The monoisotopic (exact) mass is 288 g/mol. The molecule has 0 aromatic heterocycles. The summed E-state index contributed by atoms with van der Waals surface area (Å²) in [7, 11) is 0. The van der Waals surface area contributed by atoms with Gasteiger partial charge in [-0.05, 0) is 0 Å². The molecule has 0 radical (unpaired) electrons. The van der Waals surface area contributed by atoms with Crippen molar-refractivity contribution in [1.29, 1.82) is 0 Å². The van der Waals surface area contributed by atoms with Crippen molar-refractivity contribution in [3.8, 4) is 0 Å². The Hall–Kier alpha value is -1.88. The summed E-state index contributed by atoms with van der Waals surface area (Å²) in [6, 6.07) is 0. The maximum absolute atomic E-state index is 11.3. The second kappa shape index (κ2) is 7.45. The van der Waals surface area contributed by atoms with Crippen LogP contribution in [0.25, 0.3) is 0 Å². The van der Waals surface area contributed by atoms with Crippen LogP contribution >= 0.6 is 0 Å². The minimum atomic E-state index is -4.79. The minimum absolute atomic E-state index is 1.83. The number of alkyl halides is 6. The molecule has 108 valence electrons. The molecule has 18 heavy (non-hydrogen) atoms. The van der Waals surface area contributed by atoms with E-state index in [0.29, 0.717) is 0 Å².